The number of nitro benzene ring substituents is 1. The van der Waals surface area contributed by atoms with Crippen LogP contribution in [0.2, 0.25) is 0 Å². The highest BCUT2D eigenvalue weighted by Gasteiger charge is 2.66. The predicted octanol–water partition coefficient (Wildman–Crippen LogP) is 9.09. The Morgan fingerprint density at radius 1 is 1.00 bits per heavy atom. The summed E-state index contributed by atoms with van der Waals surface area (Å²) in [4.78, 5) is 40.7. The van der Waals surface area contributed by atoms with E-state index >= 15 is 8.42 Å². The summed E-state index contributed by atoms with van der Waals surface area (Å²) in [5.74, 6) is -1.95. The number of oxime groups is 1. The number of non-ortho nitro benzene ring substituents is 1. The normalized spacial score (nSPS) is 22.1. The standard InChI is InChI=1S/C52H60N4O12S/c1-4-25-55(69(63,64)43-22-17-39(18-23-43)53-35(3)60)49-32-47(54-66-34-36-15-19-40(20-16-36)56(61)62)45-30-38(12-6-8-26-57)44(14-7-9-27-58)50-46-31-42(67-41-13-10-11-37(29-41)33-59)21-24-48(46)68-52(49,51(45)50)65-28-5-2/h5,10-11,13,15-24,29-31,33,38,44,49-51,57-58H,2,4,6-9,12,14,25-28,32,34H2,1,3H3,(H,53,60)/t38-,44+,49-,50+,51+,52+/m0/s1. The van der Waals surface area contributed by atoms with Gasteiger partial charge in [-0.15, -0.1) is 6.58 Å². The van der Waals surface area contributed by atoms with Crippen LogP contribution in [-0.2, 0) is 31.0 Å². The third kappa shape index (κ3) is 11.3. The Morgan fingerprint density at radius 3 is 2.39 bits per heavy atom. The molecule has 4 aromatic rings. The number of hydrogen-bond donors (Lipinski definition) is 3. The molecule has 1 aliphatic heterocycles. The fraction of sp³-hybridized carbons (Fsp3) is 0.404. The van der Waals surface area contributed by atoms with E-state index in [1.54, 1.807) is 54.6 Å². The maximum atomic E-state index is 15.3. The lowest BCUT2D eigenvalue weighted by Gasteiger charge is -2.59. The zero-order valence-electron chi connectivity index (χ0n) is 38.9. The lowest BCUT2D eigenvalue weighted by atomic mass is 9.55. The van der Waals surface area contributed by atoms with E-state index in [0.29, 0.717) is 84.7 Å². The molecule has 0 unspecified atom stereocenters. The fourth-order valence-electron chi connectivity index (χ4n) is 10.1. The van der Waals surface area contributed by atoms with Crippen molar-refractivity contribution in [3.8, 4) is 17.2 Å². The Bertz CT molecular complexity index is 2640. The maximum absolute atomic E-state index is 15.3. The van der Waals surface area contributed by atoms with Crippen molar-refractivity contribution in [2.24, 2.45) is 22.9 Å². The van der Waals surface area contributed by atoms with Gasteiger partial charge in [0.1, 0.15) is 30.1 Å². The molecule has 1 saturated carbocycles. The van der Waals surface area contributed by atoms with E-state index in [2.05, 4.69) is 18.0 Å². The minimum atomic E-state index is -4.36. The Balaban J connectivity index is 1.45. The average molecular weight is 965 g/mol. The number of benzene rings is 4. The fourth-order valence-corrected chi connectivity index (χ4v) is 11.8. The van der Waals surface area contributed by atoms with Crippen molar-refractivity contribution < 1.29 is 52.2 Å². The highest BCUT2D eigenvalue weighted by molar-refractivity contribution is 7.89. The van der Waals surface area contributed by atoms with Gasteiger partial charge in [0.25, 0.3) is 5.69 Å². The summed E-state index contributed by atoms with van der Waals surface area (Å²) in [6.07, 6.45) is 8.84. The molecule has 0 bridgehead atoms. The van der Waals surface area contributed by atoms with Gasteiger partial charge in [0.2, 0.25) is 21.7 Å². The van der Waals surface area contributed by atoms with Crippen LogP contribution < -0.4 is 14.8 Å². The van der Waals surface area contributed by atoms with Crippen molar-refractivity contribution in [1.82, 2.24) is 4.31 Å². The van der Waals surface area contributed by atoms with Crippen LogP contribution in [0.4, 0.5) is 11.4 Å². The molecule has 0 spiro atoms. The van der Waals surface area contributed by atoms with Gasteiger partial charge >= 0.3 is 0 Å². The number of sulfonamides is 1. The third-order valence-electron chi connectivity index (χ3n) is 13.0. The van der Waals surface area contributed by atoms with Crippen LogP contribution in [0.5, 0.6) is 17.2 Å². The molecule has 7 rings (SSSR count). The molecule has 3 N–H and O–H groups in total. The average Bonchev–Trinajstić information content (AvgIpc) is 3.34. The third-order valence-corrected chi connectivity index (χ3v) is 14.9. The minimum absolute atomic E-state index is 0.00160. The number of nitro groups is 1. The molecule has 0 radical (unpaired) electrons. The number of nitrogens with one attached hydrogen (secondary N) is 1. The predicted molar refractivity (Wildman–Crippen MR) is 260 cm³/mol. The highest BCUT2D eigenvalue weighted by atomic mass is 32.2. The molecule has 4 aromatic carbocycles. The summed E-state index contributed by atoms with van der Waals surface area (Å²) in [5, 5.41) is 38.9. The van der Waals surface area contributed by atoms with E-state index < -0.39 is 38.6 Å². The van der Waals surface area contributed by atoms with Crippen molar-refractivity contribution in [3.05, 3.63) is 142 Å². The lowest BCUT2D eigenvalue weighted by Crippen LogP contribution is -2.70. The van der Waals surface area contributed by atoms with Gasteiger partial charge in [-0.3, -0.25) is 19.7 Å². The van der Waals surface area contributed by atoms with E-state index in [0.717, 1.165) is 17.4 Å². The van der Waals surface area contributed by atoms with E-state index in [1.807, 2.05) is 13.0 Å². The first-order chi connectivity index (χ1) is 33.4. The summed E-state index contributed by atoms with van der Waals surface area (Å²) < 4.78 is 52.8. The summed E-state index contributed by atoms with van der Waals surface area (Å²) in [6.45, 7) is 7.27. The number of carbonyl (C=O) groups excluding carboxylic acids is 2. The topological polar surface area (TPSA) is 216 Å². The van der Waals surface area contributed by atoms with Gasteiger partial charge in [0.15, 0.2) is 0 Å². The number of aliphatic hydroxyl groups excluding tert-OH is 2. The molecule has 1 heterocycles. The molecule has 3 aliphatic rings. The van der Waals surface area contributed by atoms with E-state index in [1.165, 1.54) is 47.6 Å². The van der Waals surface area contributed by atoms with Crippen LogP contribution in [-0.4, -0.2) is 84.0 Å². The summed E-state index contributed by atoms with van der Waals surface area (Å²) in [5.41, 5.74) is 3.44. The first kappa shape index (κ1) is 50.6. The van der Waals surface area contributed by atoms with E-state index in [9.17, 15) is 29.9 Å². The SMILES string of the molecule is C=CCO[C@@]12Oc3ccc(Oc4cccc(C=O)c4)cc3[C@H]3[C@H](CCCCO)[C@@H](CCCCO)C=C(C(=NOCc4ccc([N+](=O)[O-])cc4)C[C@@H]1N(CCC)S(=O)(=O)c1ccc(NC(C)=O)cc1)[C@H]32. The van der Waals surface area contributed by atoms with Crippen LogP contribution in [0.1, 0.15) is 92.6 Å². The monoisotopic (exact) mass is 964 g/mol. The smallest absolute Gasteiger partial charge is 0.269 e. The molecular weight excluding hydrogens is 905 g/mol. The molecule has 0 saturated heterocycles. The first-order valence-electron chi connectivity index (χ1n) is 23.4. The van der Waals surface area contributed by atoms with Gasteiger partial charge in [0.05, 0.1) is 34.1 Å². The number of fused-ring (bicyclic) bond motifs is 2. The van der Waals surface area contributed by atoms with Crippen LogP contribution in [0.25, 0.3) is 0 Å². The largest absolute Gasteiger partial charge is 0.460 e. The van der Waals surface area contributed by atoms with Gasteiger partial charge in [-0.1, -0.05) is 49.2 Å². The first-order valence-corrected chi connectivity index (χ1v) is 24.9. The Labute approximate surface area is 402 Å². The number of amides is 1. The minimum Gasteiger partial charge on any atom is -0.460 e. The van der Waals surface area contributed by atoms with Crippen molar-refractivity contribution >= 4 is 39.3 Å². The molecular formula is C52H60N4O12S. The van der Waals surface area contributed by atoms with Crippen LogP contribution >= 0.6 is 0 Å². The number of carbonyl (C=O) groups is 2. The van der Waals surface area contributed by atoms with Crippen molar-refractivity contribution in [2.45, 2.75) is 94.5 Å². The number of allylic oxidation sites excluding steroid dienone is 1. The quantitative estimate of drug-likeness (QED) is 0.0197. The number of ether oxygens (including phenoxy) is 3. The van der Waals surface area contributed by atoms with Crippen molar-refractivity contribution in [1.29, 1.82) is 0 Å². The van der Waals surface area contributed by atoms with Crippen LogP contribution in [0.15, 0.2) is 125 Å². The zero-order chi connectivity index (χ0) is 49.1. The van der Waals surface area contributed by atoms with Gasteiger partial charge in [-0.05, 0) is 122 Å². The molecule has 17 heteroatoms. The highest BCUT2D eigenvalue weighted by Crippen LogP contribution is 2.62. The molecule has 69 heavy (non-hydrogen) atoms. The number of aldehydes is 1. The van der Waals surface area contributed by atoms with Crippen molar-refractivity contribution in [3.63, 3.8) is 0 Å². The molecule has 2 aliphatic carbocycles. The second-order valence-corrected chi connectivity index (χ2v) is 19.5. The number of aliphatic hydroxyl groups is 2. The second kappa shape index (κ2) is 22.9. The number of anilines is 1. The van der Waals surface area contributed by atoms with Crippen LogP contribution in [0.3, 0.4) is 0 Å². The Morgan fingerprint density at radius 2 is 1.72 bits per heavy atom. The summed E-state index contributed by atoms with van der Waals surface area (Å²) in [6, 6.07) is 23.2. The second-order valence-electron chi connectivity index (χ2n) is 17.6. The number of unbranched alkanes of at least 4 members (excludes halogenated alkanes) is 2. The van der Waals surface area contributed by atoms with Gasteiger partial charge < -0.3 is 34.6 Å². The molecule has 16 nitrogen and oxygen atoms in total. The maximum Gasteiger partial charge on any atom is 0.269 e. The molecule has 366 valence electrons. The summed E-state index contributed by atoms with van der Waals surface area (Å²) >= 11 is 0. The van der Waals surface area contributed by atoms with Crippen LogP contribution in [0, 0.1) is 27.9 Å². The molecule has 1 amide bonds. The zero-order valence-corrected chi connectivity index (χ0v) is 39.7. The van der Waals surface area contributed by atoms with Gasteiger partial charge in [0, 0.05) is 68.0 Å². The van der Waals surface area contributed by atoms with Crippen molar-refractivity contribution in [2.75, 3.05) is 31.7 Å². The molecule has 0 aromatic heterocycles. The van der Waals surface area contributed by atoms with Gasteiger partial charge in [-0.2, -0.15) is 4.31 Å². The summed E-state index contributed by atoms with van der Waals surface area (Å²) in [7, 11) is -4.36. The lowest BCUT2D eigenvalue weighted by molar-refractivity contribution is -0.384. The Hall–Kier alpha value is -6.24. The molecule has 6 atom stereocenters. The Kier molecular flexibility index (Phi) is 16.8. The van der Waals surface area contributed by atoms with E-state index in [-0.39, 0.29) is 67.7 Å². The number of hydrogen-bond acceptors (Lipinski definition) is 13. The van der Waals surface area contributed by atoms with Gasteiger partial charge in [-0.25, -0.2) is 8.42 Å². The number of nitrogens with zero attached hydrogens (tertiary/aromatic N) is 3. The molecule has 1 fully saturated rings. The van der Waals surface area contributed by atoms with E-state index in [4.69, 9.17) is 24.2 Å². The number of rotatable bonds is 24.